The van der Waals surface area contributed by atoms with E-state index in [4.69, 9.17) is 47.2 Å². The Labute approximate surface area is 424 Å². The highest BCUT2D eigenvalue weighted by Gasteiger charge is 2.40. The van der Waals surface area contributed by atoms with Gasteiger partial charge in [-0.25, -0.2) is 24.2 Å². The minimum atomic E-state index is -1.52. The summed E-state index contributed by atoms with van der Waals surface area (Å²) in [6, 6.07) is 14.7. The number of azo groups is 1. The van der Waals surface area contributed by atoms with Crippen LogP contribution >= 0.6 is 23.2 Å². The molecule has 4 atom stereocenters. The summed E-state index contributed by atoms with van der Waals surface area (Å²) in [5.41, 5.74) is 1.73. The zero-order chi connectivity index (χ0) is 50.5. The van der Waals surface area contributed by atoms with Crippen molar-refractivity contribution in [1.82, 2.24) is 0 Å². The van der Waals surface area contributed by atoms with Gasteiger partial charge in [-0.2, -0.15) is 10.2 Å². The lowest BCUT2D eigenvalue weighted by Crippen LogP contribution is -2.37. The fourth-order valence-electron chi connectivity index (χ4n) is 7.87. The van der Waals surface area contributed by atoms with E-state index >= 15 is 0 Å². The monoisotopic (exact) mass is 1010 g/mol. The molecule has 3 aromatic rings. The number of halogens is 2. The third kappa shape index (κ3) is 20.4. The summed E-state index contributed by atoms with van der Waals surface area (Å²) in [4.78, 5) is 77.6. The number of unbranched alkanes of at least 4 members (excludes halogenated alkanes) is 18. The first-order valence-corrected chi connectivity index (χ1v) is 26.2. The normalized spacial score (nSPS) is 14.1. The first kappa shape index (κ1) is 57.7. The van der Waals surface area contributed by atoms with Crippen LogP contribution in [-0.2, 0) is 49.8 Å². The Morgan fingerprint density at radius 3 is 1.64 bits per heavy atom. The van der Waals surface area contributed by atoms with Crippen LogP contribution in [0.1, 0.15) is 184 Å². The molecule has 16 heteroatoms. The van der Waals surface area contributed by atoms with Gasteiger partial charge in [0.25, 0.3) is 0 Å². The molecule has 0 bridgehead atoms. The molecule has 14 nitrogen and oxygen atoms in total. The van der Waals surface area contributed by atoms with Gasteiger partial charge in [0, 0.05) is 5.56 Å². The second-order valence-corrected chi connectivity index (χ2v) is 18.7. The van der Waals surface area contributed by atoms with Gasteiger partial charge in [-0.05, 0) is 68.7 Å². The van der Waals surface area contributed by atoms with E-state index in [-0.39, 0.29) is 40.2 Å². The molecule has 3 aromatic carbocycles. The number of hydrogen-bond acceptors (Lipinski definition) is 12. The number of amides is 2. The molecule has 0 fully saturated rings. The molecule has 2 N–H and O–H groups in total. The average Bonchev–Trinajstić information content (AvgIpc) is 3.77. The minimum Gasteiger partial charge on any atom is -0.464 e. The summed E-state index contributed by atoms with van der Waals surface area (Å²) in [7, 11) is 0. The highest BCUT2D eigenvalue weighted by molar-refractivity contribution is 6.34. The third-order valence-corrected chi connectivity index (χ3v) is 12.7. The van der Waals surface area contributed by atoms with Gasteiger partial charge in [0.2, 0.25) is 11.8 Å². The van der Waals surface area contributed by atoms with Crippen LogP contribution in [0.25, 0.3) is 0 Å². The predicted molar refractivity (Wildman–Crippen MR) is 273 cm³/mol. The fourth-order valence-corrected chi connectivity index (χ4v) is 8.20. The lowest BCUT2D eigenvalue weighted by atomic mass is 9.91. The van der Waals surface area contributed by atoms with Crippen LogP contribution in [0, 0.1) is 5.92 Å². The standard InChI is InChI=1S/C54H74Cl2N4O10/c1-5-7-9-11-13-15-17-19-21-25-33-66-52(63)38(3)69-54(65)41-30-32-44(56)47(36-41)58-51(62)48(49-42-27-23-24-28-45(42)59-60-49)50(61)57-46-35-40(29-31-43(46)55)37-68-70-39(4)53(64)67-34-26-22-20-18-16-14-12-10-8-6-2/h23-24,27-32,35-36,38-39,48-49H,5-22,25-26,33-34,37H2,1-4H3,(H,57,61)(H,58,62). The molecule has 4 unspecified atom stereocenters. The Balaban J connectivity index is 1.30. The van der Waals surface area contributed by atoms with Crippen molar-refractivity contribution in [1.29, 1.82) is 0 Å². The maximum Gasteiger partial charge on any atom is 0.347 e. The lowest BCUT2D eigenvalue weighted by molar-refractivity contribution is -0.325. The average molecular weight is 1010 g/mol. The summed E-state index contributed by atoms with van der Waals surface area (Å²) in [5, 5.41) is 14.2. The molecule has 70 heavy (non-hydrogen) atoms. The molecule has 0 saturated carbocycles. The fraction of sp³-hybridized carbons (Fsp3) is 0.574. The Hall–Kier alpha value is -4.89. The van der Waals surface area contributed by atoms with Crippen molar-refractivity contribution in [3.63, 3.8) is 0 Å². The molecule has 0 aromatic heterocycles. The van der Waals surface area contributed by atoms with E-state index in [0.717, 1.165) is 44.9 Å². The highest BCUT2D eigenvalue weighted by Crippen LogP contribution is 2.41. The molecule has 4 rings (SSSR count). The minimum absolute atomic E-state index is 0.00687. The number of hydrogen-bond donors (Lipinski definition) is 2. The molecule has 0 radical (unpaired) electrons. The third-order valence-electron chi connectivity index (χ3n) is 12.0. The smallest absolute Gasteiger partial charge is 0.347 e. The molecule has 384 valence electrons. The van der Waals surface area contributed by atoms with Gasteiger partial charge in [0.1, 0.15) is 18.6 Å². The summed E-state index contributed by atoms with van der Waals surface area (Å²) in [6.07, 6.45) is 21.0. The number of rotatable bonds is 35. The molecule has 0 saturated heterocycles. The van der Waals surface area contributed by atoms with E-state index in [1.54, 1.807) is 42.5 Å². The summed E-state index contributed by atoms with van der Waals surface area (Å²) in [6.45, 7) is 7.82. The Kier molecular flexibility index (Phi) is 27.1. The van der Waals surface area contributed by atoms with Crippen molar-refractivity contribution in [3.05, 3.63) is 87.4 Å². The molecule has 1 aliphatic rings. The first-order chi connectivity index (χ1) is 33.9. The summed E-state index contributed by atoms with van der Waals surface area (Å²) >= 11 is 13.1. The van der Waals surface area contributed by atoms with Gasteiger partial charge >= 0.3 is 17.9 Å². The zero-order valence-electron chi connectivity index (χ0n) is 41.6. The lowest BCUT2D eigenvalue weighted by Gasteiger charge is -2.22. The van der Waals surface area contributed by atoms with Gasteiger partial charge in [-0.1, -0.05) is 177 Å². The van der Waals surface area contributed by atoms with Crippen molar-refractivity contribution >= 4 is 70.0 Å². The second kappa shape index (κ2) is 32.9. The van der Waals surface area contributed by atoms with E-state index in [9.17, 15) is 24.0 Å². The van der Waals surface area contributed by atoms with E-state index in [1.807, 2.05) is 0 Å². The quantitative estimate of drug-likeness (QED) is 0.0144. The van der Waals surface area contributed by atoms with Gasteiger partial charge in [-0.3, -0.25) is 9.59 Å². The van der Waals surface area contributed by atoms with Crippen LogP contribution in [0.15, 0.2) is 70.9 Å². The van der Waals surface area contributed by atoms with Crippen molar-refractivity contribution in [3.8, 4) is 0 Å². The number of nitrogens with one attached hydrogen (secondary N) is 2. The molecule has 1 heterocycles. The molecule has 0 spiro atoms. The predicted octanol–water partition coefficient (Wildman–Crippen LogP) is 14.3. The number of esters is 3. The van der Waals surface area contributed by atoms with Gasteiger partial charge in [0.15, 0.2) is 12.2 Å². The highest BCUT2D eigenvalue weighted by atomic mass is 35.5. The van der Waals surface area contributed by atoms with Crippen molar-refractivity contribution in [2.45, 2.75) is 181 Å². The van der Waals surface area contributed by atoms with Crippen LogP contribution in [0.5, 0.6) is 0 Å². The summed E-state index contributed by atoms with van der Waals surface area (Å²) < 4.78 is 16.2. The van der Waals surface area contributed by atoms with Gasteiger partial charge < -0.3 is 24.8 Å². The number of benzene rings is 3. The number of nitrogens with zero attached hydrogens (tertiary/aromatic N) is 2. The van der Waals surface area contributed by atoms with E-state index in [2.05, 4.69) is 34.7 Å². The zero-order valence-corrected chi connectivity index (χ0v) is 43.1. The molecular formula is C54H74Cl2N4O10. The number of anilines is 2. The van der Waals surface area contributed by atoms with E-state index < -0.39 is 53.9 Å². The van der Waals surface area contributed by atoms with E-state index in [1.165, 1.54) is 116 Å². The number of carbonyl (C=O) groups excluding carboxylic acids is 5. The first-order valence-electron chi connectivity index (χ1n) is 25.4. The Morgan fingerprint density at radius 2 is 1.09 bits per heavy atom. The maximum atomic E-state index is 14.3. The Morgan fingerprint density at radius 1 is 0.600 bits per heavy atom. The second-order valence-electron chi connectivity index (χ2n) is 17.9. The largest absolute Gasteiger partial charge is 0.464 e. The van der Waals surface area contributed by atoms with Crippen LogP contribution in [-0.4, -0.2) is 55.1 Å². The van der Waals surface area contributed by atoms with Crippen LogP contribution in [0.3, 0.4) is 0 Å². The van der Waals surface area contributed by atoms with Gasteiger partial charge in [-0.15, -0.1) is 0 Å². The van der Waals surface area contributed by atoms with Crippen LogP contribution in [0.4, 0.5) is 17.1 Å². The van der Waals surface area contributed by atoms with Crippen LogP contribution in [0.2, 0.25) is 10.0 Å². The molecule has 2 amide bonds. The van der Waals surface area contributed by atoms with Gasteiger partial charge in [0.05, 0.1) is 45.9 Å². The van der Waals surface area contributed by atoms with Crippen molar-refractivity contribution in [2.75, 3.05) is 23.8 Å². The van der Waals surface area contributed by atoms with E-state index in [0.29, 0.717) is 23.4 Å². The molecule has 1 aliphatic heterocycles. The maximum absolute atomic E-state index is 14.3. The molecular weight excluding hydrogens is 936 g/mol. The van der Waals surface area contributed by atoms with Crippen molar-refractivity contribution < 1.29 is 48.0 Å². The summed E-state index contributed by atoms with van der Waals surface area (Å²) in [5.74, 6) is -5.15. The SMILES string of the molecule is CCCCCCCCCCCCOC(=O)C(C)OOCc1ccc(Cl)c(NC(=O)C(C(=O)Nc2cc(C(=O)OC(C)C(=O)OCCCCCCCCCCCC)ccc2Cl)C2N=Nc3ccccc32)c1. The van der Waals surface area contributed by atoms with Crippen molar-refractivity contribution in [2.24, 2.45) is 16.1 Å². The van der Waals surface area contributed by atoms with Crippen LogP contribution < -0.4 is 10.6 Å². The molecule has 0 aliphatic carbocycles. The topological polar surface area (TPSA) is 180 Å². The number of fused-ring (bicyclic) bond motifs is 1. The Bertz CT molecular complexity index is 2140. The number of carbonyl (C=O) groups is 5. The number of ether oxygens (including phenoxy) is 3.